The van der Waals surface area contributed by atoms with E-state index in [4.69, 9.17) is 0 Å². The molecule has 1 aromatic rings. The molecule has 0 bridgehead atoms. The molecule has 0 saturated carbocycles. The van der Waals surface area contributed by atoms with Crippen molar-refractivity contribution in [3.05, 3.63) is 53.4 Å². The van der Waals surface area contributed by atoms with Crippen LogP contribution in [0, 0.1) is 0 Å². The zero-order valence-electron chi connectivity index (χ0n) is 12.3. The van der Waals surface area contributed by atoms with Crippen molar-refractivity contribution in [3.63, 3.8) is 0 Å². The lowest BCUT2D eigenvalue weighted by Crippen LogP contribution is -2.03. The molecule has 2 rings (SSSR count). The highest BCUT2D eigenvalue weighted by molar-refractivity contribution is 5.80. The first-order valence-electron chi connectivity index (χ1n) is 7.45. The Balaban J connectivity index is 2.40. The topological polar surface area (TPSA) is 14.1 Å². The summed E-state index contributed by atoms with van der Waals surface area (Å²) in [6.07, 6.45) is 9.10. The first kappa shape index (κ1) is 13.9. The largest absolute Gasteiger partial charge is 0.261 e. The predicted molar refractivity (Wildman–Crippen MR) is 82.9 cm³/mol. The maximum absolute atomic E-state index is 4.39. The molecule has 1 aliphatic rings. The SMILES string of the molecule is CCCC(CCC)c1ccccc1C1=C(C)[N]C=C1. The van der Waals surface area contributed by atoms with Gasteiger partial charge in [-0.05, 0) is 42.9 Å². The molecule has 0 fully saturated rings. The Morgan fingerprint density at radius 3 is 2.32 bits per heavy atom. The number of hydrogen-bond acceptors (Lipinski definition) is 0. The zero-order valence-corrected chi connectivity index (χ0v) is 12.3. The lowest BCUT2D eigenvalue weighted by atomic mass is 9.85. The second kappa shape index (κ2) is 6.60. The van der Waals surface area contributed by atoms with E-state index in [9.17, 15) is 0 Å². The summed E-state index contributed by atoms with van der Waals surface area (Å²) in [4.78, 5) is 0. The van der Waals surface area contributed by atoms with E-state index >= 15 is 0 Å². The van der Waals surface area contributed by atoms with Gasteiger partial charge in [-0.15, -0.1) is 0 Å². The summed E-state index contributed by atoms with van der Waals surface area (Å²) in [5.41, 5.74) is 5.32. The van der Waals surface area contributed by atoms with Crippen molar-refractivity contribution in [2.24, 2.45) is 0 Å². The molecular formula is C18H24N. The van der Waals surface area contributed by atoms with E-state index in [1.54, 1.807) is 0 Å². The number of benzene rings is 1. The molecule has 1 heterocycles. The zero-order chi connectivity index (χ0) is 13.7. The van der Waals surface area contributed by atoms with Crippen molar-refractivity contribution in [2.45, 2.75) is 52.4 Å². The molecule has 1 nitrogen and oxygen atoms in total. The number of allylic oxidation sites excluding steroid dienone is 3. The number of rotatable bonds is 6. The van der Waals surface area contributed by atoms with Crippen LogP contribution < -0.4 is 5.32 Å². The first-order chi connectivity index (χ1) is 9.27. The van der Waals surface area contributed by atoms with Crippen molar-refractivity contribution in [3.8, 4) is 0 Å². The van der Waals surface area contributed by atoms with Crippen LogP contribution in [0.5, 0.6) is 0 Å². The quantitative estimate of drug-likeness (QED) is 0.659. The molecule has 0 saturated heterocycles. The number of nitrogens with zero attached hydrogens (tertiary/aromatic N) is 1. The standard InChI is InChI=1S/C18H24N/c1-4-8-15(9-5-2)17-10-6-7-11-18(17)16-12-13-19-14(16)3/h6-7,10-13,15H,4-5,8-9H2,1-3H3. The fourth-order valence-corrected chi connectivity index (χ4v) is 2.95. The van der Waals surface area contributed by atoms with Gasteiger partial charge in [-0.1, -0.05) is 51.0 Å². The maximum atomic E-state index is 4.39. The van der Waals surface area contributed by atoms with Crippen LogP contribution in [-0.2, 0) is 0 Å². The molecule has 0 amide bonds. The summed E-state index contributed by atoms with van der Waals surface area (Å²) >= 11 is 0. The van der Waals surface area contributed by atoms with Crippen LogP contribution in [0.1, 0.15) is 63.5 Å². The Hall–Kier alpha value is -1.50. The van der Waals surface area contributed by atoms with Crippen LogP contribution in [0.4, 0.5) is 0 Å². The Morgan fingerprint density at radius 2 is 1.74 bits per heavy atom. The van der Waals surface area contributed by atoms with Gasteiger partial charge in [0, 0.05) is 17.5 Å². The molecule has 1 aliphatic heterocycles. The summed E-state index contributed by atoms with van der Waals surface area (Å²) in [6, 6.07) is 8.86. The average molecular weight is 254 g/mol. The van der Waals surface area contributed by atoms with Crippen molar-refractivity contribution in [1.29, 1.82) is 0 Å². The van der Waals surface area contributed by atoms with Crippen LogP contribution in [0.15, 0.2) is 42.2 Å². The molecule has 1 aromatic carbocycles. The molecule has 19 heavy (non-hydrogen) atoms. The second-order valence-corrected chi connectivity index (χ2v) is 5.31. The van der Waals surface area contributed by atoms with Gasteiger partial charge < -0.3 is 0 Å². The van der Waals surface area contributed by atoms with Crippen LogP contribution in [0.25, 0.3) is 5.57 Å². The normalized spacial score (nSPS) is 14.3. The van der Waals surface area contributed by atoms with Gasteiger partial charge in [0.1, 0.15) is 0 Å². The maximum Gasteiger partial charge on any atom is 0.0451 e. The minimum absolute atomic E-state index is 0.681. The minimum atomic E-state index is 0.681. The predicted octanol–water partition coefficient (Wildman–Crippen LogP) is 5.23. The molecule has 0 aliphatic carbocycles. The lowest BCUT2D eigenvalue weighted by Gasteiger charge is -2.20. The monoisotopic (exact) mass is 254 g/mol. The third kappa shape index (κ3) is 3.09. The molecule has 0 atom stereocenters. The van der Waals surface area contributed by atoms with E-state index in [2.05, 4.69) is 56.4 Å². The Kier molecular flexibility index (Phi) is 4.84. The molecule has 0 aromatic heterocycles. The van der Waals surface area contributed by atoms with Gasteiger partial charge in [0.15, 0.2) is 0 Å². The molecule has 1 radical (unpaired) electrons. The highest BCUT2D eigenvalue weighted by atomic mass is 14.9. The summed E-state index contributed by atoms with van der Waals surface area (Å²) < 4.78 is 0. The summed E-state index contributed by atoms with van der Waals surface area (Å²) in [7, 11) is 0. The van der Waals surface area contributed by atoms with E-state index in [0.717, 1.165) is 5.70 Å². The van der Waals surface area contributed by atoms with E-state index < -0.39 is 0 Å². The lowest BCUT2D eigenvalue weighted by molar-refractivity contribution is 0.560. The second-order valence-electron chi connectivity index (χ2n) is 5.31. The van der Waals surface area contributed by atoms with Gasteiger partial charge in [0.05, 0.1) is 0 Å². The van der Waals surface area contributed by atoms with Crippen molar-refractivity contribution >= 4 is 5.57 Å². The summed E-state index contributed by atoms with van der Waals surface area (Å²) in [5, 5.41) is 4.39. The smallest absolute Gasteiger partial charge is 0.0451 e. The molecule has 0 unspecified atom stereocenters. The van der Waals surface area contributed by atoms with Crippen LogP contribution in [-0.4, -0.2) is 0 Å². The molecule has 1 heteroatoms. The summed E-state index contributed by atoms with van der Waals surface area (Å²) in [6.45, 7) is 6.65. The van der Waals surface area contributed by atoms with Crippen molar-refractivity contribution in [1.82, 2.24) is 5.32 Å². The Labute approximate surface area is 117 Å². The average Bonchev–Trinajstić information content (AvgIpc) is 2.85. The summed E-state index contributed by atoms with van der Waals surface area (Å²) in [5.74, 6) is 0.681. The van der Waals surface area contributed by atoms with Gasteiger partial charge in [0.2, 0.25) is 0 Å². The van der Waals surface area contributed by atoms with Gasteiger partial charge in [-0.2, -0.15) is 0 Å². The van der Waals surface area contributed by atoms with Crippen LogP contribution >= 0.6 is 0 Å². The van der Waals surface area contributed by atoms with Crippen molar-refractivity contribution in [2.75, 3.05) is 0 Å². The van der Waals surface area contributed by atoms with Crippen molar-refractivity contribution < 1.29 is 0 Å². The first-order valence-corrected chi connectivity index (χ1v) is 7.45. The fourth-order valence-electron chi connectivity index (χ4n) is 2.95. The molecular weight excluding hydrogens is 230 g/mol. The minimum Gasteiger partial charge on any atom is -0.261 e. The van der Waals surface area contributed by atoms with Gasteiger partial charge in [-0.25, -0.2) is 0 Å². The fraction of sp³-hybridized carbons (Fsp3) is 0.444. The van der Waals surface area contributed by atoms with Gasteiger partial charge in [-0.3, -0.25) is 5.32 Å². The third-order valence-corrected chi connectivity index (χ3v) is 3.86. The highest BCUT2D eigenvalue weighted by Gasteiger charge is 2.17. The molecule has 101 valence electrons. The van der Waals surface area contributed by atoms with E-state index in [0.29, 0.717) is 5.92 Å². The Morgan fingerprint density at radius 1 is 1.05 bits per heavy atom. The van der Waals surface area contributed by atoms with Gasteiger partial charge in [0.25, 0.3) is 0 Å². The Bertz CT molecular complexity index is 476. The van der Waals surface area contributed by atoms with Crippen LogP contribution in [0.2, 0.25) is 0 Å². The van der Waals surface area contributed by atoms with Gasteiger partial charge >= 0.3 is 0 Å². The molecule has 0 N–H and O–H groups in total. The van der Waals surface area contributed by atoms with E-state index in [1.165, 1.54) is 42.4 Å². The number of hydrogen-bond donors (Lipinski definition) is 0. The molecule has 0 spiro atoms. The third-order valence-electron chi connectivity index (χ3n) is 3.86. The van der Waals surface area contributed by atoms with Crippen LogP contribution in [0.3, 0.4) is 0 Å². The highest BCUT2D eigenvalue weighted by Crippen LogP contribution is 2.34. The van der Waals surface area contributed by atoms with E-state index in [1.807, 2.05) is 6.20 Å². The van der Waals surface area contributed by atoms with E-state index in [-0.39, 0.29) is 0 Å².